The zero-order valence-electron chi connectivity index (χ0n) is 13.6. The van der Waals surface area contributed by atoms with Crippen molar-refractivity contribution in [1.29, 1.82) is 0 Å². The third-order valence-electron chi connectivity index (χ3n) is 4.26. The Labute approximate surface area is 148 Å². The molecule has 1 aromatic carbocycles. The third-order valence-corrected chi connectivity index (χ3v) is 4.80. The Morgan fingerprint density at radius 1 is 1.44 bits per heavy atom. The Kier molecular flexibility index (Phi) is 4.85. The van der Waals surface area contributed by atoms with E-state index in [9.17, 15) is 24.7 Å². The quantitative estimate of drug-likeness (QED) is 0.627. The summed E-state index contributed by atoms with van der Waals surface area (Å²) in [5, 5.41) is 31.0. The lowest BCUT2D eigenvalue weighted by molar-refractivity contribution is -0.255. The zero-order chi connectivity index (χ0) is 18.2. The summed E-state index contributed by atoms with van der Waals surface area (Å²) in [6, 6.07) is 3.15. The zero-order valence-corrected chi connectivity index (χ0v) is 14.5. The molecule has 1 fully saturated rings. The van der Waals surface area contributed by atoms with Gasteiger partial charge in [0.05, 0.1) is 36.1 Å². The standard InChI is InChI=1S/C15H19BNO7S/c1-25-8-12(18)17-6-10(7-17)23-11-3-2-9-4-5-16(21,22)24-14(9)13(11)15(19)20/h2-3,10,21-22H,4-8H2,1H3,(H,19,20)/q-1/p-1. The SMILES string of the molecule is CSCC(=O)N1CC(Oc2ccc3c(c2C(=O)[O-])O[B-](O)(O)CC3)C1. The van der Waals surface area contributed by atoms with Gasteiger partial charge in [-0.05, 0) is 24.3 Å². The number of likely N-dealkylation sites (tertiary alicyclic amines) is 1. The van der Waals surface area contributed by atoms with Crippen LogP contribution in [-0.2, 0) is 11.2 Å². The first-order valence-corrected chi connectivity index (χ1v) is 9.30. The molecule has 2 aliphatic rings. The van der Waals surface area contributed by atoms with Crippen molar-refractivity contribution < 1.29 is 34.1 Å². The van der Waals surface area contributed by atoms with Gasteiger partial charge >= 0.3 is 6.75 Å². The number of aromatic carboxylic acids is 1. The van der Waals surface area contributed by atoms with Crippen LogP contribution in [-0.4, -0.2) is 64.8 Å². The highest BCUT2D eigenvalue weighted by Crippen LogP contribution is 2.38. The Morgan fingerprint density at radius 2 is 2.16 bits per heavy atom. The van der Waals surface area contributed by atoms with Gasteiger partial charge in [0.15, 0.2) is 0 Å². The lowest BCUT2D eigenvalue weighted by atomic mass is 9.70. The van der Waals surface area contributed by atoms with Crippen LogP contribution in [0.1, 0.15) is 15.9 Å². The fraction of sp³-hybridized carbons (Fsp3) is 0.467. The molecule has 8 nitrogen and oxygen atoms in total. The first-order chi connectivity index (χ1) is 11.8. The minimum atomic E-state index is -3.09. The largest absolute Gasteiger partial charge is 0.669 e. The van der Waals surface area contributed by atoms with E-state index in [1.807, 2.05) is 6.26 Å². The van der Waals surface area contributed by atoms with Crippen LogP contribution < -0.4 is 14.5 Å². The van der Waals surface area contributed by atoms with Gasteiger partial charge in [-0.15, -0.1) is 0 Å². The monoisotopic (exact) mass is 367 g/mol. The van der Waals surface area contributed by atoms with Gasteiger partial charge in [-0.2, -0.15) is 11.8 Å². The number of carbonyl (C=O) groups excluding carboxylic acids is 2. The van der Waals surface area contributed by atoms with Crippen LogP contribution in [0.4, 0.5) is 0 Å². The first kappa shape index (κ1) is 17.9. The van der Waals surface area contributed by atoms with Gasteiger partial charge in [0.25, 0.3) is 0 Å². The molecular weight excluding hydrogens is 349 g/mol. The summed E-state index contributed by atoms with van der Waals surface area (Å²) in [5.74, 6) is -1.21. The molecule has 2 aliphatic heterocycles. The number of carboxylic acids is 1. The molecule has 0 aromatic heterocycles. The summed E-state index contributed by atoms with van der Waals surface area (Å²) >= 11 is 1.43. The van der Waals surface area contributed by atoms with E-state index in [1.165, 1.54) is 17.8 Å². The molecular formula is C15H18BNO7S-2. The Balaban J connectivity index is 1.77. The van der Waals surface area contributed by atoms with Gasteiger partial charge in [0.2, 0.25) is 5.91 Å². The van der Waals surface area contributed by atoms with Crippen LogP contribution in [0.3, 0.4) is 0 Å². The molecule has 0 aliphatic carbocycles. The van der Waals surface area contributed by atoms with E-state index < -0.39 is 12.7 Å². The summed E-state index contributed by atoms with van der Waals surface area (Å²) in [6.45, 7) is -2.35. The number of hydrogen-bond acceptors (Lipinski definition) is 8. The van der Waals surface area contributed by atoms with Crippen molar-refractivity contribution in [1.82, 2.24) is 4.90 Å². The molecule has 0 atom stereocenters. The van der Waals surface area contributed by atoms with E-state index in [2.05, 4.69) is 0 Å². The van der Waals surface area contributed by atoms with Gasteiger partial charge in [0.1, 0.15) is 11.9 Å². The maximum Gasteiger partial charge on any atom is 0.430 e. The van der Waals surface area contributed by atoms with Crippen molar-refractivity contribution in [2.45, 2.75) is 18.8 Å². The molecule has 10 heteroatoms. The summed E-state index contributed by atoms with van der Waals surface area (Å²) in [5.41, 5.74) is 0.220. The van der Waals surface area contributed by atoms with Crippen molar-refractivity contribution in [2.75, 3.05) is 25.1 Å². The molecule has 1 amide bonds. The molecule has 1 aromatic rings. The van der Waals surface area contributed by atoms with Crippen LogP contribution >= 0.6 is 11.8 Å². The molecule has 0 bridgehead atoms. The van der Waals surface area contributed by atoms with E-state index in [-0.39, 0.29) is 41.8 Å². The lowest BCUT2D eigenvalue weighted by Gasteiger charge is -2.41. The van der Waals surface area contributed by atoms with Gasteiger partial charge in [-0.25, -0.2) is 0 Å². The molecule has 136 valence electrons. The second-order valence-electron chi connectivity index (χ2n) is 6.20. The van der Waals surface area contributed by atoms with E-state index >= 15 is 0 Å². The lowest BCUT2D eigenvalue weighted by Crippen LogP contribution is -2.56. The Hall–Kier alpha value is -1.91. The summed E-state index contributed by atoms with van der Waals surface area (Å²) < 4.78 is 10.8. The first-order valence-electron chi connectivity index (χ1n) is 7.90. The maximum atomic E-state index is 11.7. The summed E-state index contributed by atoms with van der Waals surface area (Å²) in [7, 11) is 0. The van der Waals surface area contributed by atoms with Crippen molar-refractivity contribution in [3.05, 3.63) is 23.3 Å². The Morgan fingerprint density at radius 3 is 2.80 bits per heavy atom. The van der Waals surface area contributed by atoms with E-state index in [4.69, 9.17) is 9.39 Å². The highest BCUT2D eigenvalue weighted by molar-refractivity contribution is 7.99. The fourth-order valence-electron chi connectivity index (χ4n) is 2.93. The number of nitrogens with zero attached hydrogens (tertiary/aromatic N) is 1. The normalized spacial score (nSPS) is 18.8. The van der Waals surface area contributed by atoms with Crippen LogP contribution in [0.15, 0.2) is 12.1 Å². The average Bonchev–Trinajstić information content (AvgIpc) is 2.48. The molecule has 0 radical (unpaired) electrons. The molecule has 3 rings (SSSR count). The number of carbonyl (C=O) groups is 2. The predicted molar refractivity (Wildman–Crippen MR) is 89.5 cm³/mol. The van der Waals surface area contributed by atoms with Crippen LogP contribution in [0, 0.1) is 0 Å². The van der Waals surface area contributed by atoms with Gasteiger partial charge in [-0.1, -0.05) is 12.4 Å². The number of hydrogen-bond donors (Lipinski definition) is 2. The Bertz CT molecular complexity index is 705. The van der Waals surface area contributed by atoms with Crippen molar-refractivity contribution >= 4 is 30.4 Å². The number of aryl methyl sites for hydroxylation is 1. The van der Waals surface area contributed by atoms with Crippen molar-refractivity contribution in [3.63, 3.8) is 0 Å². The average molecular weight is 367 g/mol. The van der Waals surface area contributed by atoms with Gasteiger partial charge in [0, 0.05) is 0 Å². The van der Waals surface area contributed by atoms with Crippen molar-refractivity contribution in [2.24, 2.45) is 0 Å². The minimum Gasteiger partial charge on any atom is -0.669 e. The second-order valence-corrected chi connectivity index (χ2v) is 7.07. The minimum absolute atomic E-state index is 0.00513. The number of rotatable bonds is 5. The number of fused-ring (bicyclic) bond motifs is 1. The number of carboxylic acid groups (broad SMARTS) is 1. The van der Waals surface area contributed by atoms with E-state index in [1.54, 1.807) is 11.0 Å². The van der Waals surface area contributed by atoms with Gasteiger partial charge < -0.3 is 34.2 Å². The summed E-state index contributed by atoms with van der Waals surface area (Å²) in [4.78, 5) is 24.9. The number of amides is 1. The molecule has 2 heterocycles. The molecule has 0 unspecified atom stereocenters. The molecule has 0 saturated carbocycles. The van der Waals surface area contributed by atoms with Crippen LogP contribution in [0.25, 0.3) is 0 Å². The molecule has 0 spiro atoms. The third kappa shape index (κ3) is 3.70. The summed E-state index contributed by atoms with van der Waals surface area (Å²) in [6.07, 6.45) is 1.79. The number of ether oxygens (including phenoxy) is 1. The highest BCUT2D eigenvalue weighted by Gasteiger charge is 2.34. The van der Waals surface area contributed by atoms with Gasteiger partial charge in [-0.3, -0.25) is 4.79 Å². The fourth-order valence-corrected chi connectivity index (χ4v) is 3.36. The van der Waals surface area contributed by atoms with Crippen LogP contribution in [0.5, 0.6) is 11.5 Å². The molecule has 25 heavy (non-hydrogen) atoms. The maximum absolute atomic E-state index is 11.7. The van der Waals surface area contributed by atoms with Crippen LogP contribution in [0.2, 0.25) is 6.32 Å². The predicted octanol–water partition coefficient (Wildman–Crippen LogP) is -1.14. The van der Waals surface area contributed by atoms with E-state index in [0.717, 1.165) is 0 Å². The number of benzene rings is 1. The second kappa shape index (κ2) is 6.78. The number of thioether (sulfide) groups is 1. The highest BCUT2D eigenvalue weighted by atomic mass is 32.2. The molecule has 2 N–H and O–H groups in total. The van der Waals surface area contributed by atoms with Crippen molar-refractivity contribution in [3.8, 4) is 11.5 Å². The van der Waals surface area contributed by atoms with E-state index in [0.29, 0.717) is 24.4 Å². The smallest absolute Gasteiger partial charge is 0.430 e. The molecule has 1 saturated heterocycles. The topological polar surface area (TPSA) is 119 Å².